The summed E-state index contributed by atoms with van der Waals surface area (Å²) in [5.74, 6) is -2.98. The summed E-state index contributed by atoms with van der Waals surface area (Å²) < 4.78 is 0. The first kappa shape index (κ1) is 16.5. The summed E-state index contributed by atoms with van der Waals surface area (Å²) in [4.78, 5) is 22.3. The average Bonchev–Trinajstić information content (AvgIpc) is 2.23. The number of carboxylic acid groups (broad SMARTS) is 2. The molecule has 0 saturated carbocycles. The molecule has 0 radical (unpaired) electrons. The monoisotopic (exact) mass is 258 g/mol. The first-order valence-electron chi connectivity index (χ1n) is 5.92. The van der Waals surface area contributed by atoms with Gasteiger partial charge in [0.05, 0.1) is 5.76 Å². The molecule has 0 aromatic heterocycles. The van der Waals surface area contributed by atoms with E-state index in [0.29, 0.717) is 5.57 Å². The molecule has 0 aliphatic carbocycles. The molecular formula is C13H22O5. The normalized spacial score (nSPS) is 13.7. The molecule has 0 saturated heterocycles. The maximum Gasteiger partial charge on any atom is 0.321 e. The zero-order valence-electron chi connectivity index (χ0n) is 11.5. The van der Waals surface area contributed by atoms with Gasteiger partial charge < -0.3 is 15.3 Å². The van der Waals surface area contributed by atoms with Crippen LogP contribution in [0.25, 0.3) is 0 Å². The van der Waals surface area contributed by atoms with E-state index in [2.05, 4.69) is 0 Å². The molecule has 5 heteroatoms. The zero-order valence-corrected chi connectivity index (χ0v) is 11.5. The zero-order chi connectivity index (χ0) is 14.7. The fraction of sp³-hybridized carbons (Fsp3) is 0.692. The van der Waals surface area contributed by atoms with Crippen molar-refractivity contribution in [2.45, 2.75) is 41.0 Å². The second-order valence-corrected chi connectivity index (χ2v) is 5.34. The molecule has 0 aromatic carbocycles. The Kier molecular flexibility index (Phi) is 5.39. The van der Waals surface area contributed by atoms with E-state index in [1.165, 1.54) is 0 Å². The number of carboxylic acids is 2. The summed E-state index contributed by atoms with van der Waals surface area (Å²) in [6.45, 7) is 8.32. The van der Waals surface area contributed by atoms with Crippen molar-refractivity contribution in [2.24, 2.45) is 17.3 Å². The van der Waals surface area contributed by atoms with Crippen LogP contribution in [-0.2, 0) is 9.59 Å². The molecule has 104 valence electrons. The van der Waals surface area contributed by atoms with Gasteiger partial charge in [0.2, 0.25) is 0 Å². The fourth-order valence-electron chi connectivity index (χ4n) is 1.58. The lowest BCUT2D eigenvalue weighted by atomic mass is 9.79. The number of allylic oxidation sites excluding steroid dienone is 2. The SMILES string of the molecule is CC(C)/C(O)=C(/CC(C)(C(=O)O)C(=O)O)C(C)C. The largest absolute Gasteiger partial charge is 0.512 e. The molecule has 0 atom stereocenters. The van der Waals surface area contributed by atoms with Crippen LogP contribution in [0.2, 0.25) is 0 Å². The van der Waals surface area contributed by atoms with Gasteiger partial charge in [-0.25, -0.2) is 0 Å². The Morgan fingerprint density at radius 3 is 1.56 bits per heavy atom. The average molecular weight is 258 g/mol. The topological polar surface area (TPSA) is 94.8 Å². The van der Waals surface area contributed by atoms with Crippen LogP contribution in [0, 0.1) is 17.3 Å². The quantitative estimate of drug-likeness (QED) is 0.503. The molecule has 0 rings (SSSR count). The highest BCUT2D eigenvalue weighted by molar-refractivity contribution is 5.98. The maximum atomic E-state index is 11.1. The molecule has 0 bridgehead atoms. The van der Waals surface area contributed by atoms with E-state index in [0.717, 1.165) is 6.92 Å². The summed E-state index contributed by atoms with van der Waals surface area (Å²) in [6.07, 6.45) is -0.195. The third-order valence-electron chi connectivity index (χ3n) is 3.06. The molecule has 5 nitrogen and oxygen atoms in total. The van der Waals surface area contributed by atoms with Gasteiger partial charge in [-0.3, -0.25) is 9.59 Å². The van der Waals surface area contributed by atoms with Gasteiger partial charge in [0, 0.05) is 5.92 Å². The van der Waals surface area contributed by atoms with Gasteiger partial charge in [0.25, 0.3) is 0 Å². The number of aliphatic carboxylic acids is 2. The highest BCUT2D eigenvalue weighted by Crippen LogP contribution is 2.33. The molecule has 0 aliphatic rings. The van der Waals surface area contributed by atoms with Gasteiger partial charge in [-0.1, -0.05) is 27.7 Å². The van der Waals surface area contributed by atoms with Crippen LogP contribution in [-0.4, -0.2) is 27.3 Å². The first-order chi connectivity index (χ1) is 8.04. The molecular weight excluding hydrogens is 236 g/mol. The first-order valence-corrected chi connectivity index (χ1v) is 5.92. The summed E-state index contributed by atoms with van der Waals surface area (Å²) in [5.41, 5.74) is -1.43. The summed E-state index contributed by atoms with van der Waals surface area (Å²) in [7, 11) is 0. The minimum Gasteiger partial charge on any atom is -0.512 e. The third-order valence-corrected chi connectivity index (χ3v) is 3.06. The third kappa shape index (κ3) is 3.48. The fourth-order valence-corrected chi connectivity index (χ4v) is 1.58. The van der Waals surface area contributed by atoms with Crippen LogP contribution < -0.4 is 0 Å². The summed E-state index contributed by atoms with van der Waals surface area (Å²) in [5, 5.41) is 28.1. The van der Waals surface area contributed by atoms with Crippen LogP contribution in [0.4, 0.5) is 0 Å². The van der Waals surface area contributed by atoms with Gasteiger partial charge >= 0.3 is 11.9 Å². The highest BCUT2D eigenvalue weighted by Gasteiger charge is 2.43. The molecule has 0 fully saturated rings. The van der Waals surface area contributed by atoms with Crippen LogP contribution >= 0.6 is 0 Å². The predicted molar refractivity (Wildman–Crippen MR) is 67.3 cm³/mol. The molecule has 0 spiro atoms. The van der Waals surface area contributed by atoms with Crippen LogP contribution in [0.15, 0.2) is 11.3 Å². The lowest BCUT2D eigenvalue weighted by Gasteiger charge is -2.25. The molecule has 0 amide bonds. The van der Waals surface area contributed by atoms with Crippen molar-refractivity contribution in [3.05, 3.63) is 11.3 Å². The second kappa shape index (κ2) is 5.89. The van der Waals surface area contributed by atoms with E-state index in [4.69, 9.17) is 10.2 Å². The lowest BCUT2D eigenvalue weighted by molar-refractivity contribution is -0.163. The van der Waals surface area contributed by atoms with E-state index in [1.807, 2.05) is 0 Å². The number of hydrogen-bond donors (Lipinski definition) is 3. The van der Waals surface area contributed by atoms with E-state index in [-0.39, 0.29) is 24.0 Å². The van der Waals surface area contributed by atoms with Crippen molar-refractivity contribution < 1.29 is 24.9 Å². The number of carbonyl (C=O) groups is 2. The van der Waals surface area contributed by atoms with Crippen molar-refractivity contribution >= 4 is 11.9 Å². The van der Waals surface area contributed by atoms with Crippen molar-refractivity contribution in [2.75, 3.05) is 0 Å². The standard InChI is InChI=1S/C13H22O5/c1-7(2)9(10(14)8(3)4)6-13(5,11(15)16)12(17)18/h7-8,14H,6H2,1-5H3,(H,15,16)(H,17,18)/b10-9+. The number of aliphatic hydroxyl groups excluding tert-OH is 1. The Morgan fingerprint density at radius 2 is 1.33 bits per heavy atom. The van der Waals surface area contributed by atoms with E-state index in [9.17, 15) is 14.7 Å². The second-order valence-electron chi connectivity index (χ2n) is 5.34. The minimum absolute atomic E-state index is 0.0822. The van der Waals surface area contributed by atoms with Crippen molar-refractivity contribution in [3.63, 3.8) is 0 Å². The molecule has 0 heterocycles. The van der Waals surface area contributed by atoms with Crippen LogP contribution in [0.1, 0.15) is 41.0 Å². The van der Waals surface area contributed by atoms with Gasteiger partial charge in [-0.2, -0.15) is 0 Å². The Hall–Kier alpha value is -1.52. The molecule has 18 heavy (non-hydrogen) atoms. The highest BCUT2D eigenvalue weighted by atomic mass is 16.4. The van der Waals surface area contributed by atoms with Gasteiger partial charge in [0.1, 0.15) is 0 Å². The Balaban J connectivity index is 5.54. The summed E-state index contributed by atoms with van der Waals surface area (Å²) >= 11 is 0. The Morgan fingerprint density at radius 1 is 0.944 bits per heavy atom. The summed E-state index contributed by atoms with van der Waals surface area (Å²) in [6, 6.07) is 0. The number of hydrogen-bond acceptors (Lipinski definition) is 3. The molecule has 0 aliphatic heterocycles. The molecule has 0 unspecified atom stereocenters. The van der Waals surface area contributed by atoms with Crippen LogP contribution in [0.5, 0.6) is 0 Å². The van der Waals surface area contributed by atoms with E-state index < -0.39 is 17.4 Å². The van der Waals surface area contributed by atoms with Crippen LogP contribution in [0.3, 0.4) is 0 Å². The van der Waals surface area contributed by atoms with Gasteiger partial charge in [-0.05, 0) is 24.8 Å². The Bertz CT molecular complexity index is 352. The van der Waals surface area contributed by atoms with Gasteiger partial charge in [-0.15, -0.1) is 0 Å². The van der Waals surface area contributed by atoms with E-state index >= 15 is 0 Å². The smallest absolute Gasteiger partial charge is 0.321 e. The lowest BCUT2D eigenvalue weighted by Crippen LogP contribution is -2.37. The Labute approximate surface area is 107 Å². The predicted octanol–water partition coefficient (Wildman–Crippen LogP) is 2.68. The molecule has 0 aromatic rings. The minimum atomic E-state index is -1.91. The van der Waals surface area contributed by atoms with E-state index in [1.54, 1.807) is 27.7 Å². The molecule has 3 N–H and O–H groups in total. The van der Waals surface area contributed by atoms with Crippen molar-refractivity contribution in [3.8, 4) is 0 Å². The van der Waals surface area contributed by atoms with Crippen molar-refractivity contribution in [1.29, 1.82) is 0 Å². The number of rotatable bonds is 6. The van der Waals surface area contributed by atoms with Gasteiger partial charge in [0.15, 0.2) is 5.41 Å². The van der Waals surface area contributed by atoms with Crippen molar-refractivity contribution in [1.82, 2.24) is 0 Å². The maximum absolute atomic E-state index is 11.1. The number of aliphatic hydroxyl groups is 1.